The molecule has 3 nitrogen and oxygen atoms in total. The Bertz CT molecular complexity index is 48.0. The van der Waals surface area contributed by atoms with Gasteiger partial charge in [0.05, 0.1) is 0 Å². The molecule has 0 saturated heterocycles. The average molecular weight is 88.1 g/mol. The Morgan fingerprint density at radius 1 is 1.50 bits per heavy atom. The van der Waals surface area contributed by atoms with Crippen molar-refractivity contribution in [1.82, 2.24) is 0 Å². The Morgan fingerprint density at radius 2 is 2.00 bits per heavy atom. The predicted octanol–water partition coefficient (Wildman–Crippen LogP) is -0.905. The first-order valence-corrected chi connectivity index (χ1v) is 1.30. The zero-order valence-corrected chi connectivity index (χ0v) is 2.96. The highest BCUT2D eigenvalue weighted by molar-refractivity contribution is 4.85. The van der Waals surface area contributed by atoms with Crippen molar-refractivity contribution in [3.8, 4) is 0 Å². The number of aliphatic hydroxyl groups excluding tert-OH is 1. The zero-order chi connectivity index (χ0) is 4.99. The maximum Gasteiger partial charge on any atom is 0.0154 e. The van der Waals surface area contributed by atoms with Gasteiger partial charge in [-0.25, -0.2) is 0 Å². The molecule has 0 radical (unpaired) electrons. The monoisotopic (exact) mass is 88.0 g/mol. The molecule has 0 aromatic carbocycles. The van der Waals surface area contributed by atoms with E-state index >= 15 is 0 Å². The molecule has 2 N–H and O–H groups in total. The second-order valence-corrected chi connectivity index (χ2v) is 0.661. The number of aliphatic hydroxyl groups is 2. The van der Waals surface area contributed by atoms with Crippen LogP contribution in [0.15, 0.2) is 12.3 Å². The van der Waals surface area contributed by atoms with Gasteiger partial charge >= 0.3 is 0 Å². The minimum absolute atomic E-state index is 0.287. The van der Waals surface area contributed by atoms with Gasteiger partial charge in [0.2, 0.25) is 0 Å². The van der Waals surface area contributed by atoms with Crippen molar-refractivity contribution in [3.05, 3.63) is 18.6 Å². The average Bonchev–Trinajstić information content (AvgIpc) is 1.35. The smallest absolute Gasteiger partial charge is 0.0154 e. The minimum Gasteiger partial charge on any atom is -0.959 e. The molecule has 0 aliphatic rings. The predicted molar refractivity (Wildman–Crippen MR) is 16.3 cm³/mol. The van der Waals surface area contributed by atoms with Crippen LogP contribution in [0.3, 0.4) is 0 Å². The first kappa shape index (κ1) is 5.33. The van der Waals surface area contributed by atoms with E-state index in [4.69, 9.17) is 10.2 Å². The summed E-state index contributed by atoms with van der Waals surface area (Å²) in [6, 6.07) is 0. The van der Waals surface area contributed by atoms with Crippen LogP contribution in [-0.4, -0.2) is 10.2 Å². The molecular weight excluding hydrogens is 84.0 g/mol. The maximum atomic E-state index is 9.22. The van der Waals surface area contributed by atoms with Crippen molar-refractivity contribution >= 4 is 0 Å². The summed E-state index contributed by atoms with van der Waals surface area (Å²) in [5.74, 6) is 0. The highest BCUT2D eigenvalue weighted by Crippen LogP contribution is 1.82. The molecule has 36 valence electrons. The van der Waals surface area contributed by atoms with Gasteiger partial charge in [-0.2, -0.15) is 6.08 Å². The Kier molecular flexibility index (Phi) is 2.27. The van der Waals surface area contributed by atoms with E-state index in [1.165, 1.54) is 0 Å². The van der Waals surface area contributed by atoms with Gasteiger partial charge in [0.25, 0.3) is 0 Å². The van der Waals surface area contributed by atoms with Gasteiger partial charge in [0, 0.05) is 6.29 Å². The normalized spacial score (nSPS) is 9.67. The summed E-state index contributed by atoms with van der Waals surface area (Å²) in [7, 11) is 0. The van der Waals surface area contributed by atoms with Crippen LogP contribution < -0.4 is 5.11 Å². The summed E-state index contributed by atoms with van der Waals surface area (Å²) >= 11 is 0. The molecule has 0 aliphatic heterocycles. The van der Waals surface area contributed by atoms with Crippen molar-refractivity contribution in [3.63, 3.8) is 0 Å². The van der Waals surface area contributed by atoms with Crippen LogP contribution in [0.4, 0.5) is 0 Å². The van der Waals surface area contributed by atoms with E-state index in [1.807, 2.05) is 0 Å². The van der Waals surface area contributed by atoms with E-state index in [9.17, 15) is 5.11 Å². The van der Waals surface area contributed by atoms with Crippen LogP contribution >= 0.6 is 0 Å². The molecule has 0 amide bonds. The highest BCUT2D eigenvalue weighted by Gasteiger charge is 1.64. The van der Waals surface area contributed by atoms with Gasteiger partial charge in [-0.1, -0.05) is 0 Å². The topological polar surface area (TPSA) is 63.5 Å². The van der Waals surface area contributed by atoms with Crippen LogP contribution in [-0.2, 0) is 0 Å². The van der Waals surface area contributed by atoms with Gasteiger partial charge in [-0.05, 0) is 0 Å². The first-order valence-electron chi connectivity index (χ1n) is 1.30. The fourth-order valence-corrected chi connectivity index (χ4v) is 0.0609. The third-order valence-electron chi connectivity index (χ3n) is 0.217. The first-order chi connectivity index (χ1) is 2.77. The third-order valence-corrected chi connectivity index (χ3v) is 0.217. The van der Waals surface area contributed by atoms with Crippen molar-refractivity contribution < 1.29 is 15.3 Å². The summed E-state index contributed by atoms with van der Waals surface area (Å²) < 4.78 is 0. The fourth-order valence-electron chi connectivity index (χ4n) is 0.0609. The zero-order valence-electron chi connectivity index (χ0n) is 2.96. The summed E-state index contributed by atoms with van der Waals surface area (Å²) in [6.45, 7) is 0. The van der Waals surface area contributed by atoms with E-state index in [0.717, 1.165) is 0 Å². The van der Waals surface area contributed by atoms with Crippen LogP contribution in [0.5, 0.6) is 0 Å². The Hall–Kier alpha value is -0.670. The Labute approximate surface area is 35.2 Å². The van der Waals surface area contributed by atoms with Gasteiger partial charge < -0.3 is 21.6 Å². The molecule has 0 saturated carbocycles. The summed E-state index contributed by atoms with van der Waals surface area (Å²) in [6.07, 6.45) is -0.0278. The fraction of sp³-hybridized carbons (Fsp3) is 0. The lowest BCUT2D eigenvalue weighted by molar-refractivity contribution is -0.275. The van der Waals surface area contributed by atoms with Crippen LogP contribution in [0.1, 0.15) is 0 Å². The van der Waals surface area contributed by atoms with Gasteiger partial charge in [0.1, 0.15) is 0 Å². The highest BCUT2D eigenvalue weighted by atomic mass is 16.5. The lowest BCUT2D eigenvalue weighted by Crippen LogP contribution is -1.91. The number of hydrogen-bond donors (Lipinski definition) is 2. The molecule has 0 heterocycles. The molecule has 0 rings (SSSR count). The molecule has 0 aliphatic carbocycles. The summed E-state index contributed by atoms with van der Waals surface area (Å²) in [4.78, 5) is 0. The molecule has 3 heteroatoms. The summed E-state index contributed by atoms with van der Waals surface area (Å²) in [5.41, 5.74) is 0. The molecular formula is C3H4O3-2. The lowest BCUT2D eigenvalue weighted by Gasteiger charge is -2.04. The lowest BCUT2D eigenvalue weighted by atomic mass is 10.6. The van der Waals surface area contributed by atoms with Gasteiger partial charge in [-0.15, -0.1) is 0 Å². The van der Waals surface area contributed by atoms with Crippen LogP contribution in [0, 0.1) is 6.29 Å². The van der Waals surface area contributed by atoms with Gasteiger partial charge in [-0.3, -0.25) is 0 Å². The van der Waals surface area contributed by atoms with E-state index < -0.39 is 6.29 Å². The number of hydrogen-bond acceptors (Lipinski definition) is 3. The molecule has 0 spiro atoms. The number of rotatable bonds is 1. The molecule has 6 heavy (non-hydrogen) atoms. The molecule has 0 atom stereocenters. The van der Waals surface area contributed by atoms with E-state index in [-0.39, 0.29) is 6.26 Å². The van der Waals surface area contributed by atoms with E-state index in [0.29, 0.717) is 6.08 Å². The van der Waals surface area contributed by atoms with E-state index in [2.05, 4.69) is 0 Å². The maximum absolute atomic E-state index is 9.22. The Balaban J connectivity index is 3.03. The quantitative estimate of drug-likeness (QED) is 0.322. The SMILES string of the molecule is [O-]C=C[C-](O)O. The molecule has 0 fully saturated rings. The molecule has 0 aromatic rings. The largest absolute Gasteiger partial charge is 0.959 e. The van der Waals surface area contributed by atoms with Crippen molar-refractivity contribution in [2.45, 2.75) is 0 Å². The molecule has 0 unspecified atom stereocenters. The third kappa shape index (κ3) is 3.33. The second-order valence-electron chi connectivity index (χ2n) is 0.661. The van der Waals surface area contributed by atoms with Crippen LogP contribution in [0.25, 0.3) is 0 Å². The van der Waals surface area contributed by atoms with E-state index in [1.54, 1.807) is 0 Å². The van der Waals surface area contributed by atoms with Gasteiger partial charge in [0.15, 0.2) is 0 Å². The van der Waals surface area contributed by atoms with Crippen molar-refractivity contribution in [2.24, 2.45) is 0 Å². The van der Waals surface area contributed by atoms with Crippen molar-refractivity contribution in [2.75, 3.05) is 0 Å². The second kappa shape index (κ2) is 2.56. The molecule has 0 aromatic heterocycles. The molecule has 0 bridgehead atoms. The summed E-state index contributed by atoms with van der Waals surface area (Å²) in [5, 5.41) is 24.7. The standard InChI is InChI=1S/C3H5O3/c4-2-1-3(5)6/h1-2,4-6H/q-1/p-1. The minimum atomic E-state index is -0.954. The Morgan fingerprint density at radius 3 is 2.00 bits per heavy atom. The van der Waals surface area contributed by atoms with Crippen molar-refractivity contribution in [1.29, 1.82) is 0 Å². The van der Waals surface area contributed by atoms with Crippen LogP contribution in [0.2, 0.25) is 0 Å².